The van der Waals surface area contributed by atoms with E-state index < -0.39 is 0 Å². The Balaban J connectivity index is 1.12. The Hall–Kier alpha value is -3.19. The summed E-state index contributed by atoms with van der Waals surface area (Å²) in [6.07, 6.45) is 6.11. The first-order valence-electron chi connectivity index (χ1n) is 12.0. The van der Waals surface area contributed by atoms with Crippen molar-refractivity contribution >= 4 is 39.1 Å². The summed E-state index contributed by atoms with van der Waals surface area (Å²) >= 11 is 1.68. The Labute approximate surface area is 204 Å². The summed E-state index contributed by atoms with van der Waals surface area (Å²) in [5.41, 5.74) is 2.19. The minimum absolute atomic E-state index is 0.0234. The molecule has 0 spiro atoms. The third-order valence-electron chi connectivity index (χ3n) is 6.79. The second-order valence-electron chi connectivity index (χ2n) is 8.92. The third kappa shape index (κ3) is 4.99. The number of amides is 2. The van der Waals surface area contributed by atoms with Gasteiger partial charge in [-0.2, -0.15) is 0 Å². The average Bonchev–Trinajstić information content (AvgIpc) is 3.33. The molecule has 0 saturated carbocycles. The number of carbonyl (C=O) groups is 2. The van der Waals surface area contributed by atoms with Crippen molar-refractivity contribution in [2.45, 2.75) is 25.2 Å². The number of carbonyl (C=O) groups excluding carboxylic acids is 2. The van der Waals surface area contributed by atoms with Crippen molar-refractivity contribution in [3.05, 3.63) is 71.8 Å². The van der Waals surface area contributed by atoms with Crippen molar-refractivity contribution in [1.29, 1.82) is 0 Å². The smallest absolute Gasteiger partial charge is 0.224 e. The van der Waals surface area contributed by atoms with Gasteiger partial charge in [-0.25, -0.2) is 4.98 Å². The zero-order chi connectivity index (χ0) is 23.3. The Morgan fingerprint density at radius 2 is 1.68 bits per heavy atom. The molecule has 1 saturated heterocycles. The van der Waals surface area contributed by atoms with Crippen LogP contribution in [0.5, 0.6) is 0 Å². The van der Waals surface area contributed by atoms with E-state index in [4.69, 9.17) is 4.98 Å². The first-order valence-corrected chi connectivity index (χ1v) is 12.9. The molecule has 1 fully saturated rings. The highest BCUT2D eigenvalue weighted by atomic mass is 32.1. The van der Waals surface area contributed by atoms with Crippen LogP contribution >= 0.6 is 11.3 Å². The lowest BCUT2D eigenvalue weighted by Gasteiger charge is -2.36. The topological polar surface area (TPSA) is 65.5 Å². The molecule has 176 valence electrons. The summed E-state index contributed by atoms with van der Waals surface area (Å²) in [5.74, 6) is 0.0776. The molecular weight excluding hydrogens is 444 g/mol. The van der Waals surface area contributed by atoms with Crippen molar-refractivity contribution in [1.82, 2.24) is 15.2 Å². The summed E-state index contributed by atoms with van der Waals surface area (Å²) in [4.78, 5) is 34.8. The summed E-state index contributed by atoms with van der Waals surface area (Å²) in [5, 5.41) is 4.06. The first-order chi connectivity index (χ1) is 16.7. The highest BCUT2D eigenvalue weighted by Gasteiger charge is 2.32. The summed E-state index contributed by atoms with van der Waals surface area (Å²) in [7, 11) is 0. The zero-order valence-electron chi connectivity index (χ0n) is 19.2. The number of rotatable bonds is 6. The molecule has 2 amide bonds. The molecule has 5 rings (SSSR count). The number of thiazole rings is 1. The number of allylic oxidation sites excluding steroid dienone is 2. The maximum Gasteiger partial charge on any atom is 0.224 e. The van der Waals surface area contributed by atoms with E-state index in [2.05, 4.69) is 40.6 Å². The Morgan fingerprint density at radius 3 is 2.47 bits per heavy atom. The molecule has 1 aliphatic carbocycles. The normalized spacial score (nSPS) is 20.5. The Kier molecular flexibility index (Phi) is 6.90. The van der Waals surface area contributed by atoms with E-state index in [9.17, 15) is 9.59 Å². The predicted molar refractivity (Wildman–Crippen MR) is 137 cm³/mol. The lowest BCUT2D eigenvalue weighted by molar-refractivity contribution is -0.131. The number of benzene rings is 2. The fraction of sp³-hybridized carbons (Fsp3) is 0.370. The van der Waals surface area contributed by atoms with Gasteiger partial charge in [0.05, 0.1) is 21.1 Å². The molecule has 1 aromatic heterocycles. The van der Waals surface area contributed by atoms with Gasteiger partial charge in [-0.05, 0) is 37.1 Å². The van der Waals surface area contributed by atoms with E-state index in [1.807, 2.05) is 41.3 Å². The first kappa shape index (κ1) is 22.6. The molecule has 1 aliphatic heterocycles. The van der Waals surface area contributed by atoms with Gasteiger partial charge in [-0.15, -0.1) is 11.3 Å². The summed E-state index contributed by atoms with van der Waals surface area (Å²) in [6.45, 7) is 3.48. The third-order valence-corrected chi connectivity index (χ3v) is 7.96. The molecular formula is C27H30N4O2S. The Morgan fingerprint density at radius 1 is 0.941 bits per heavy atom. The molecule has 0 radical (unpaired) electrons. The van der Waals surface area contributed by atoms with Crippen LogP contribution in [0.2, 0.25) is 0 Å². The number of anilines is 1. The number of hydrogen-bond donors (Lipinski definition) is 1. The molecule has 2 aliphatic rings. The highest BCUT2D eigenvalue weighted by Crippen LogP contribution is 2.38. The standard InChI is InChI=1S/C27H30N4O2S/c32-25(31-18-16-30(17-19-31)20-8-2-1-3-9-20)14-15-28-26(33)21-10-4-5-11-22(21)27-29-23-12-6-7-13-24(23)34-27/h1-9,12-13,21-22H,10-11,14-19H2,(H,28,33). The maximum atomic E-state index is 13.1. The SMILES string of the molecule is O=C(NCCC(=O)N1CCN(c2ccccc2)CC1)C1CC=CCC1c1nc2ccccc2s1. The molecule has 2 heterocycles. The number of piperazine rings is 1. The molecule has 34 heavy (non-hydrogen) atoms. The minimum atomic E-state index is -0.143. The van der Waals surface area contributed by atoms with Crippen LogP contribution in [0.25, 0.3) is 10.2 Å². The van der Waals surface area contributed by atoms with Crippen LogP contribution < -0.4 is 10.2 Å². The van der Waals surface area contributed by atoms with E-state index in [0.717, 1.165) is 47.8 Å². The van der Waals surface area contributed by atoms with Crippen LogP contribution in [-0.2, 0) is 9.59 Å². The van der Waals surface area contributed by atoms with E-state index in [0.29, 0.717) is 19.4 Å². The number of aromatic nitrogens is 1. The largest absolute Gasteiger partial charge is 0.368 e. The van der Waals surface area contributed by atoms with Crippen molar-refractivity contribution in [3.8, 4) is 0 Å². The van der Waals surface area contributed by atoms with Gasteiger partial charge in [0.25, 0.3) is 0 Å². The molecule has 2 atom stereocenters. The molecule has 6 nitrogen and oxygen atoms in total. The highest BCUT2D eigenvalue weighted by molar-refractivity contribution is 7.18. The van der Waals surface area contributed by atoms with E-state index in [1.165, 1.54) is 5.69 Å². The van der Waals surface area contributed by atoms with Crippen molar-refractivity contribution in [3.63, 3.8) is 0 Å². The zero-order valence-corrected chi connectivity index (χ0v) is 20.0. The van der Waals surface area contributed by atoms with Crippen molar-refractivity contribution in [2.75, 3.05) is 37.6 Å². The fourth-order valence-electron chi connectivity index (χ4n) is 4.86. The van der Waals surface area contributed by atoms with Gasteiger partial charge in [0, 0.05) is 50.7 Å². The molecule has 2 aromatic carbocycles. The quantitative estimate of drug-likeness (QED) is 0.544. The van der Waals surface area contributed by atoms with E-state index in [-0.39, 0.29) is 23.7 Å². The summed E-state index contributed by atoms with van der Waals surface area (Å²) < 4.78 is 1.16. The average molecular weight is 475 g/mol. The van der Waals surface area contributed by atoms with Gasteiger partial charge in [0.2, 0.25) is 11.8 Å². The predicted octanol–water partition coefficient (Wildman–Crippen LogP) is 4.20. The van der Waals surface area contributed by atoms with Crippen molar-refractivity contribution < 1.29 is 9.59 Å². The number of nitrogens with zero attached hydrogens (tertiary/aromatic N) is 3. The van der Waals surface area contributed by atoms with Crippen molar-refractivity contribution in [2.24, 2.45) is 5.92 Å². The lowest BCUT2D eigenvalue weighted by Crippen LogP contribution is -2.49. The van der Waals surface area contributed by atoms with Gasteiger partial charge in [0.1, 0.15) is 0 Å². The van der Waals surface area contributed by atoms with Gasteiger partial charge in [-0.3, -0.25) is 9.59 Å². The van der Waals surface area contributed by atoms with Gasteiger partial charge < -0.3 is 15.1 Å². The van der Waals surface area contributed by atoms with E-state index in [1.54, 1.807) is 11.3 Å². The van der Waals surface area contributed by atoms with Crippen LogP contribution in [0.15, 0.2) is 66.7 Å². The van der Waals surface area contributed by atoms with Crippen LogP contribution in [0.4, 0.5) is 5.69 Å². The number of hydrogen-bond acceptors (Lipinski definition) is 5. The molecule has 2 unspecified atom stereocenters. The van der Waals surface area contributed by atoms with Gasteiger partial charge in [-0.1, -0.05) is 42.5 Å². The molecule has 1 N–H and O–H groups in total. The van der Waals surface area contributed by atoms with Crippen LogP contribution in [-0.4, -0.2) is 54.4 Å². The maximum absolute atomic E-state index is 13.1. The van der Waals surface area contributed by atoms with Crippen LogP contribution in [0.3, 0.4) is 0 Å². The fourth-order valence-corrected chi connectivity index (χ4v) is 6.01. The number of nitrogens with one attached hydrogen (secondary N) is 1. The number of fused-ring (bicyclic) bond motifs is 1. The second-order valence-corrected chi connectivity index (χ2v) is 9.98. The van der Waals surface area contributed by atoms with Gasteiger partial charge in [0.15, 0.2) is 0 Å². The summed E-state index contributed by atoms with van der Waals surface area (Å²) in [6, 6.07) is 18.4. The van der Waals surface area contributed by atoms with E-state index >= 15 is 0 Å². The molecule has 0 bridgehead atoms. The number of para-hydroxylation sites is 2. The van der Waals surface area contributed by atoms with Crippen LogP contribution in [0, 0.1) is 5.92 Å². The molecule has 7 heteroatoms. The van der Waals surface area contributed by atoms with Crippen LogP contribution in [0.1, 0.15) is 30.2 Å². The monoisotopic (exact) mass is 474 g/mol. The lowest BCUT2D eigenvalue weighted by atomic mass is 9.82. The molecule has 3 aromatic rings. The van der Waals surface area contributed by atoms with Gasteiger partial charge >= 0.3 is 0 Å². The minimum Gasteiger partial charge on any atom is -0.368 e. The Bertz CT molecular complexity index is 1130. The second kappa shape index (κ2) is 10.4.